The summed E-state index contributed by atoms with van der Waals surface area (Å²) in [5.41, 5.74) is 0.488. The number of aromatic amines is 1. The van der Waals surface area contributed by atoms with Crippen LogP contribution in [-0.4, -0.2) is 40.9 Å². The number of nitrogens with zero attached hydrogens (tertiary/aromatic N) is 2. The van der Waals surface area contributed by atoms with Gasteiger partial charge in [0.1, 0.15) is 5.82 Å². The maximum atomic E-state index is 12.4. The first-order valence-corrected chi connectivity index (χ1v) is 9.14. The van der Waals surface area contributed by atoms with Crippen LogP contribution in [0.25, 0.3) is 0 Å². The van der Waals surface area contributed by atoms with Gasteiger partial charge in [0.25, 0.3) is 5.91 Å². The number of amides is 1. The predicted molar refractivity (Wildman–Crippen MR) is 101 cm³/mol. The van der Waals surface area contributed by atoms with Gasteiger partial charge < -0.3 is 19.4 Å². The number of hydrogen-bond donors (Lipinski definition) is 2. The number of benzene rings is 1. The van der Waals surface area contributed by atoms with Crippen molar-refractivity contribution in [3.63, 3.8) is 0 Å². The Kier molecular flexibility index (Phi) is 7.01. The summed E-state index contributed by atoms with van der Waals surface area (Å²) in [6, 6.07) is 3.37. The third-order valence-corrected chi connectivity index (χ3v) is 4.47. The highest BCUT2D eigenvalue weighted by Crippen LogP contribution is 2.36. The molecule has 136 valence electrons. The van der Waals surface area contributed by atoms with E-state index in [9.17, 15) is 4.79 Å². The van der Waals surface area contributed by atoms with Crippen LogP contribution < -0.4 is 14.8 Å². The Morgan fingerprint density at radius 2 is 2.20 bits per heavy atom. The van der Waals surface area contributed by atoms with Crippen LogP contribution in [0, 0.1) is 4.77 Å². The van der Waals surface area contributed by atoms with Crippen LogP contribution in [0.2, 0.25) is 0 Å². The lowest BCUT2D eigenvalue weighted by atomic mass is 10.2. The average molecular weight is 429 g/mol. The van der Waals surface area contributed by atoms with Gasteiger partial charge in [-0.3, -0.25) is 9.89 Å². The Hall–Kier alpha value is -1.87. The molecule has 0 aliphatic rings. The molecule has 2 N–H and O–H groups in total. The monoisotopic (exact) mass is 428 g/mol. The molecule has 9 heteroatoms. The van der Waals surface area contributed by atoms with Gasteiger partial charge in [-0.15, -0.1) is 0 Å². The summed E-state index contributed by atoms with van der Waals surface area (Å²) in [5.74, 6) is 1.71. The topological polar surface area (TPSA) is 81.2 Å². The van der Waals surface area contributed by atoms with Crippen LogP contribution in [0.15, 0.2) is 16.6 Å². The third-order valence-electron chi connectivity index (χ3n) is 3.57. The molecule has 1 aromatic carbocycles. The van der Waals surface area contributed by atoms with Crippen molar-refractivity contribution in [1.82, 2.24) is 20.1 Å². The lowest BCUT2D eigenvalue weighted by Gasteiger charge is -2.13. The van der Waals surface area contributed by atoms with E-state index in [1.165, 1.54) is 0 Å². The predicted octanol–water partition coefficient (Wildman–Crippen LogP) is 3.10. The molecule has 7 nitrogen and oxygen atoms in total. The second-order valence-corrected chi connectivity index (χ2v) is 6.36. The van der Waals surface area contributed by atoms with Crippen LogP contribution in [0.3, 0.4) is 0 Å². The summed E-state index contributed by atoms with van der Waals surface area (Å²) in [4.78, 5) is 12.4. The van der Waals surface area contributed by atoms with Crippen LogP contribution in [-0.2, 0) is 13.0 Å². The van der Waals surface area contributed by atoms with E-state index < -0.39 is 0 Å². The highest BCUT2D eigenvalue weighted by Gasteiger charge is 2.15. The zero-order valence-corrected chi connectivity index (χ0v) is 16.8. The highest BCUT2D eigenvalue weighted by molar-refractivity contribution is 9.10. The van der Waals surface area contributed by atoms with Crippen molar-refractivity contribution in [3.05, 3.63) is 32.8 Å². The quantitative estimate of drug-likeness (QED) is 0.631. The van der Waals surface area contributed by atoms with Crippen LogP contribution in [0.5, 0.6) is 11.5 Å². The maximum absolute atomic E-state index is 12.4. The molecule has 0 spiro atoms. The molecule has 0 atom stereocenters. The van der Waals surface area contributed by atoms with E-state index in [2.05, 4.69) is 31.4 Å². The van der Waals surface area contributed by atoms with Crippen molar-refractivity contribution in [3.8, 4) is 11.5 Å². The first-order valence-electron chi connectivity index (χ1n) is 7.94. The fraction of sp³-hybridized carbons (Fsp3) is 0.438. The van der Waals surface area contributed by atoms with Crippen molar-refractivity contribution in [2.24, 2.45) is 0 Å². The summed E-state index contributed by atoms with van der Waals surface area (Å²) < 4.78 is 14.0. The number of rotatable bonds is 8. The second kappa shape index (κ2) is 9.00. The molecule has 1 heterocycles. The SMILES string of the molecule is CCOc1c(Br)cc(C(=O)NCCc2n[nH]c(=S)n2CC)cc1OC. The summed E-state index contributed by atoms with van der Waals surface area (Å²) in [7, 11) is 1.54. The van der Waals surface area contributed by atoms with Gasteiger partial charge >= 0.3 is 0 Å². The van der Waals surface area contributed by atoms with Crippen molar-refractivity contribution in [2.45, 2.75) is 26.8 Å². The Labute approximate surface area is 159 Å². The Morgan fingerprint density at radius 1 is 1.44 bits per heavy atom. The number of aromatic nitrogens is 3. The van der Waals surface area contributed by atoms with Gasteiger partial charge in [0.05, 0.1) is 18.2 Å². The van der Waals surface area contributed by atoms with E-state index in [-0.39, 0.29) is 5.91 Å². The number of carbonyl (C=O) groups excluding carboxylic acids is 1. The minimum Gasteiger partial charge on any atom is -0.493 e. The maximum Gasteiger partial charge on any atom is 0.251 e. The zero-order chi connectivity index (χ0) is 18.4. The third kappa shape index (κ3) is 4.60. The largest absolute Gasteiger partial charge is 0.493 e. The molecule has 0 aliphatic heterocycles. The van der Waals surface area contributed by atoms with Gasteiger partial charge in [0, 0.05) is 25.1 Å². The number of methoxy groups -OCH3 is 1. The van der Waals surface area contributed by atoms with E-state index in [1.54, 1.807) is 19.2 Å². The molecule has 25 heavy (non-hydrogen) atoms. The summed E-state index contributed by atoms with van der Waals surface area (Å²) in [5, 5.41) is 9.83. The lowest BCUT2D eigenvalue weighted by Crippen LogP contribution is -2.26. The summed E-state index contributed by atoms with van der Waals surface area (Å²) in [6.45, 7) is 5.58. The molecule has 0 saturated heterocycles. The fourth-order valence-corrected chi connectivity index (χ4v) is 3.23. The molecule has 0 fully saturated rings. The van der Waals surface area contributed by atoms with Gasteiger partial charge in [0.15, 0.2) is 16.3 Å². The van der Waals surface area contributed by atoms with E-state index in [0.717, 1.165) is 12.4 Å². The standard InChI is InChI=1S/C16H21BrN4O3S/c1-4-21-13(19-20-16(21)25)6-7-18-15(22)10-8-11(17)14(24-5-2)12(9-10)23-3/h8-9H,4-7H2,1-3H3,(H,18,22)(H,20,25). The molecule has 2 rings (SSSR count). The fourth-order valence-electron chi connectivity index (χ4n) is 2.39. The second-order valence-electron chi connectivity index (χ2n) is 5.12. The molecule has 0 aliphatic carbocycles. The Morgan fingerprint density at radius 3 is 2.84 bits per heavy atom. The van der Waals surface area contributed by atoms with Gasteiger partial charge in [-0.25, -0.2) is 0 Å². The average Bonchev–Trinajstić information content (AvgIpc) is 2.96. The van der Waals surface area contributed by atoms with E-state index >= 15 is 0 Å². The van der Waals surface area contributed by atoms with Gasteiger partial charge in [0.2, 0.25) is 0 Å². The molecule has 0 bridgehead atoms. The smallest absolute Gasteiger partial charge is 0.251 e. The van der Waals surface area contributed by atoms with Gasteiger partial charge in [-0.2, -0.15) is 5.10 Å². The Balaban J connectivity index is 2.05. The van der Waals surface area contributed by atoms with E-state index in [0.29, 0.717) is 45.9 Å². The molecule has 0 saturated carbocycles. The highest BCUT2D eigenvalue weighted by atomic mass is 79.9. The van der Waals surface area contributed by atoms with E-state index in [1.807, 2.05) is 18.4 Å². The van der Waals surface area contributed by atoms with Crippen LogP contribution in [0.1, 0.15) is 30.0 Å². The van der Waals surface area contributed by atoms with Crippen molar-refractivity contribution >= 4 is 34.1 Å². The zero-order valence-electron chi connectivity index (χ0n) is 14.4. The minimum atomic E-state index is -0.195. The molecule has 1 amide bonds. The molecule has 2 aromatic rings. The first-order chi connectivity index (χ1) is 12.0. The number of H-pyrrole nitrogens is 1. The van der Waals surface area contributed by atoms with E-state index in [4.69, 9.17) is 21.7 Å². The van der Waals surface area contributed by atoms with Gasteiger partial charge in [-0.05, 0) is 54.1 Å². The number of ether oxygens (including phenoxy) is 2. The molecule has 0 radical (unpaired) electrons. The molecule has 0 unspecified atom stereocenters. The van der Waals surface area contributed by atoms with Crippen molar-refractivity contribution in [2.75, 3.05) is 20.3 Å². The van der Waals surface area contributed by atoms with Crippen LogP contribution in [0.4, 0.5) is 0 Å². The van der Waals surface area contributed by atoms with Crippen LogP contribution >= 0.6 is 28.1 Å². The number of carbonyl (C=O) groups is 1. The molecular formula is C16H21BrN4O3S. The van der Waals surface area contributed by atoms with Crippen molar-refractivity contribution in [1.29, 1.82) is 0 Å². The van der Waals surface area contributed by atoms with Crippen molar-refractivity contribution < 1.29 is 14.3 Å². The number of halogens is 1. The Bertz CT molecular complexity index is 803. The molecular weight excluding hydrogens is 408 g/mol. The molecule has 1 aromatic heterocycles. The normalized spacial score (nSPS) is 10.6. The number of nitrogens with one attached hydrogen (secondary N) is 2. The summed E-state index contributed by atoms with van der Waals surface area (Å²) >= 11 is 8.57. The lowest BCUT2D eigenvalue weighted by molar-refractivity contribution is 0.0953. The number of hydrogen-bond acceptors (Lipinski definition) is 5. The van der Waals surface area contributed by atoms with Gasteiger partial charge in [-0.1, -0.05) is 0 Å². The first kappa shape index (κ1) is 19.5. The minimum absolute atomic E-state index is 0.195. The summed E-state index contributed by atoms with van der Waals surface area (Å²) in [6.07, 6.45) is 0.585.